The molecule has 0 aromatic carbocycles. The van der Waals surface area contributed by atoms with E-state index in [2.05, 4.69) is 43.4 Å². The minimum Gasteiger partial charge on any atom is -0.325 e. The Labute approximate surface area is 86.4 Å². The van der Waals surface area contributed by atoms with Crippen LogP contribution in [0.1, 0.15) is 26.2 Å². The Bertz CT molecular complexity index is 284. The topological polar surface area (TPSA) is 26.0 Å². The van der Waals surface area contributed by atoms with Crippen molar-refractivity contribution in [2.75, 3.05) is 0 Å². The van der Waals surface area contributed by atoms with E-state index in [-0.39, 0.29) is 5.54 Å². The van der Waals surface area contributed by atoms with Crippen LogP contribution in [-0.2, 0) is 0 Å². The molecule has 76 valence electrons. The Morgan fingerprint density at radius 2 is 2.07 bits per heavy atom. The van der Waals surface area contributed by atoms with Crippen LogP contribution in [0.2, 0.25) is 0 Å². The second kappa shape index (κ2) is 3.74. The Morgan fingerprint density at radius 3 is 2.71 bits per heavy atom. The summed E-state index contributed by atoms with van der Waals surface area (Å²) >= 11 is 0. The van der Waals surface area contributed by atoms with E-state index in [1.165, 1.54) is 0 Å². The molecule has 0 aliphatic heterocycles. The van der Waals surface area contributed by atoms with E-state index in [1.807, 2.05) is 0 Å². The first-order valence-corrected chi connectivity index (χ1v) is 5.49. The number of rotatable bonds is 1. The lowest BCUT2D eigenvalue weighted by Crippen LogP contribution is -2.47. The molecule has 0 spiro atoms. The summed E-state index contributed by atoms with van der Waals surface area (Å²) in [5.74, 6) is 1.11. The van der Waals surface area contributed by atoms with Gasteiger partial charge in [0.15, 0.2) is 0 Å². The lowest BCUT2D eigenvalue weighted by Gasteiger charge is -2.39. The zero-order valence-electron chi connectivity index (χ0n) is 8.82. The highest BCUT2D eigenvalue weighted by molar-refractivity contribution is 5.18. The average molecular weight is 189 g/mol. The van der Waals surface area contributed by atoms with Crippen LogP contribution in [0.4, 0.5) is 0 Å². The Hall–Kier alpha value is -0.820. The molecule has 2 aliphatic rings. The zero-order valence-corrected chi connectivity index (χ0v) is 8.82. The molecule has 0 bridgehead atoms. The van der Waals surface area contributed by atoms with Crippen molar-refractivity contribution in [1.29, 1.82) is 0 Å². The molecular formula is C13H19N. The third kappa shape index (κ3) is 1.83. The first kappa shape index (κ1) is 9.72. The third-order valence-corrected chi connectivity index (χ3v) is 3.43. The molecule has 0 fully saturated rings. The van der Waals surface area contributed by atoms with Crippen LogP contribution in [0.3, 0.4) is 0 Å². The summed E-state index contributed by atoms with van der Waals surface area (Å²) in [5.41, 5.74) is 6.32. The van der Waals surface area contributed by atoms with E-state index in [4.69, 9.17) is 5.73 Å². The SMILES string of the molecule is CC1(N)CCC=CC1C1C=CC=CC1. The molecular weight excluding hydrogens is 170 g/mol. The van der Waals surface area contributed by atoms with E-state index in [0.29, 0.717) is 11.8 Å². The van der Waals surface area contributed by atoms with Crippen LogP contribution in [0.5, 0.6) is 0 Å². The van der Waals surface area contributed by atoms with Gasteiger partial charge >= 0.3 is 0 Å². The molecule has 1 heteroatoms. The fraction of sp³-hybridized carbons (Fsp3) is 0.538. The highest BCUT2D eigenvalue weighted by Crippen LogP contribution is 2.35. The van der Waals surface area contributed by atoms with Gasteiger partial charge in [-0.1, -0.05) is 36.5 Å². The van der Waals surface area contributed by atoms with Gasteiger partial charge in [0.1, 0.15) is 0 Å². The zero-order chi connectivity index (χ0) is 10.0. The maximum Gasteiger partial charge on any atom is 0.0197 e. The molecule has 3 unspecified atom stereocenters. The van der Waals surface area contributed by atoms with Crippen molar-refractivity contribution in [1.82, 2.24) is 0 Å². The lowest BCUT2D eigenvalue weighted by molar-refractivity contribution is 0.258. The fourth-order valence-corrected chi connectivity index (χ4v) is 2.52. The van der Waals surface area contributed by atoms with Crippen molar-refractivity contribution < 1.29 is 0 Å². The van der Waals surface area contributed by atoms with Crippen LogP contribution in [0.25, 0.3) is 0 Å². The maximum absolute atomic E-state index is 6.34. The normalized spacial score (nSPS) is 41.6. The molecule has 0 saturated carbocycles. The quantitative estimate of drug-likeness (QED) is 0.631. The van der Waals surface area contributed by atoms with E-state index in [0.717, 1.165) is 19.3 Å². The summed E-state index contributed by atoms with van der Waals surface area (Å²) in [6.07, 6.45) is 16.8. The second-order valence-corrected chi connectivity index (χ2v) is 4.71. The van der Waals surface area contributed by atoms with Gasteiger partial charge in [0, 0.05) is 11.5 Å². The van der Waals surface area contributed by atoms with Crippen molar-refractivity contribution in [3.8, 4) is 0 Å². The van der Waals surface area contributed by atoms with E-state index in [1.54, 1.807) is 0 Å². The van der Waals surface area contributed by atoms with E-state index in [9.17, 15) is 0 Å². The highest BCUT2D eigenvalue weighted by Gasteiger charge is 2.34. The Morgan fingerprint density at radius 1 is 1.21 bits per heavy atom. The lowest BCUT2D eigenvalue weighted by atomic mass is 9.70. The molecule has 0 radical (unpaired) electrons. The summed E-state index contributed by atoms with van der Waals surface area (Å²) in [7, 11) is 0. The Kier molecular flexibility index (Phi) is 2.60. The molecule has 14 heavy (non-hydrogen) atoms. The van der Waals surface area contributed by atoms with E-state index < -0.39 is 0 Å². The van der Waals surface area contributed by atoms with E-state index >= 15 is 0 Å². The molecule has 0 aromatic rings. The first-order valence-electron chi connectivity index (χ1n) is 5.49. The molecule has 0 amide bonds. The highest BCUT2D eigenvalue weighted by atomic mass is 14.7. The largest absolute Gasteiger partial charge is 0.325 e. The summed E-state index contributed by atoms with van der Waals surface area (Å²) in [4.78, 5) is 0. The van der Waals surface area contributed by atoms with Crippen molar-refractivity contribution in [2.45, 2.75) is 31.7 Å². The van der Waals surface area contributed by atoms with Crippen LogP contribution < -0.4 is 5.73 Å². The maximum atomic E-state index is 6.34. The predicted molar refractivity (Wildman–Crippen MR) is 60.8 cm³/mol. The number of hydrogen-bond donors (Lipinski definition) is 1. The smallest absolute Gasteiger partial charge is 0.0197 e. The van der Waals surface area contributed by atoms with Gasteiger partial charge in [-0.15, -0.1) is 0 Å². The van der Waals surface area contributed by atoms with Gasteiger partial charge < -0.3 is 5.73 Å². The fourth-order valence-electron chi connectivity index (χ4n) is 2.52. The van der Waals surface area contributed by atoms with Crippen molar-refractivity contribution >= 4 is 0 Å². The van der Waals surface area contributed by atoms with Gasteiger partial charge in [-0.25, -0.2) is 0 Å². The molecule has 3 atom stereocenters. The van der Waals surface area contributed by atoms with Crippen molar-refractivity contribution in [3.05, 3.63) is 36.5 Å². The van der Waals surface area contributed by atoms with Crippen molar-refractivity contribution in [3.63, 3.8) is 0 Å². The molecule has 0 saturated heterocycles. The molecule has 0 aromatic heterocycles. The van der Waals surface area contributed by atoms with Crippen LogP contribution >= 0.6 is 0 Å². The molecule has 2 aliphatic carbocycles. The first-order chi connectivity index (χ1) is 6.70. The monoisotopic (exact) mass is 189 g/mol. The second-order valence-electron chi connectivity index (χ2n) is 4.71. The molecule has 0 heterocycles. The van der Waals surface area contributed by atoms with Gasteiger partial charge in [0.05, 0.1) is 0 Å². The van der Waals surface area contributed by atoms with Gasteiger partial charge in [-0.05, 0) is 32.1 Å². The Balaban J connectivity index is 2.15. The van der Waals surface area contributed by atoms with Gasteiger partial charge in [0.2, 0.25) is 0 Å². The van der Waals surface area contributed by atoms with Crippen LogP contribution in [0.15, 0.2) is 36.5 Å². The summed E-state index contributed by atoms with van der Waals surface area (Å²) in [5, 5.41) is 0. The summed E-state index contributed by atoms with van der Waals surface area (Å²) in [6.45, 7) is 2.19. The van der Waals surface area contributed by atoms with Crippen LogP contribution in [-0.4, -0.2) is 5.54 Å². The van der Waals surface area contributed by atoms with Crippen molar-refractivity contribution in [2.24, 2.45) is 17.6 Å². The van der Waals surface area contributed by atoms with Crippen LogP contribution in [0, 0.1) is 11.8 Å². The van der Waals surface area contributed by atoms with Gasteiger partial charge in [-0.2, -0.15) is 0 Å². The summed E-state index contributed by atoms with van der Waals surface area (Å²) < 4.78 is 0. The minimum atomic E-state index is -0.0189. The third-order valence-electron chi connectivity index (χ3n) is 3.43. The molecule has 2 rings (SSSR count). The standard InChI is InChI=1S/C13H19N/c1-13(14)10-6-5-9-12(13)11-7-3-2-4-8-11/h2-5,7,9,11-12H,6,8,10,14H2,1H3. The number of nitrogens with two attached hydrogens (primary N) is 1. The predicted octanol–water partition coefficient (Wildman–Crippen LogP) is 2.80. The van der Waals surface area contributed by atoms with Gasteiger partial charge in [0.25, 0.3) is 0 Å². The number of hydrogen-bond acceptors (Lipinski definition) is 1. The van der Waals surface area contributed by atoms with Gasteiger partial charge in [-0.3, -0.25) is 0 Å². The average Bonchev–Trinajstić information content (AvgIpc) is 2.18. The molecule has 1 nitrogen and oxygen atoms in total. The summed E-state index contributed by atoms with van der Waals surface area (Å²) in [6, 6.07) is 0. The minimum absolute atomic E-state index is 0.0189. The number of allylic oxidation sites excluding steroid dienone is 5. The molecule has 2 N–H and O–H groups in total.